The van der Waals surface area contributed by atoms with Crippen LogP contribution in [0.25, 0.3) is 11.2 Å². The minimum absolute atomic E-state index is 0.418. The summed E-state index contributed by atoms with van der Waals surface area (Å²) >= 11 is 0. The van der Waals surface area contributed by atoms with Gasteiger partial charge in [-0.05, 0) is 30.9 Å². The van der Waals surface area contributed by atoms with Crippen LogP contribution in [0, 0.1) is 5.92 Å². The number of rotatable bonds is 3. The largest absolute Gasteiger partial charge is 0.370 e. The van der Waals surface area contributed by atoms with Crippen LogP contribution in [0.4, 0.5) is 11.8 Å². The van der Waals surface area contributed by atoms with Gasteiger partial charge in [0.1, 0.15) is 5.82 Å². The Hall–Kier alpha value is -1.78. The van der Waals surface area contributed by atoms with E-state index in [4.69, 9.17) is 5.73 Å². The van der Waals surface area contributed by atoms with Gasteiger partial charge in [-0.3, -0.25) is 0 Å². The molecule has 0 aromatic carbocycles. The lowest BCUT2D eigenvalue weighted by Crippen LogP contribution is -2.17. The minimum Gasteiger partial charge on any atom is -0.370 e. The number of nitrogens with zero attached hydrogens (tertiary/aromatic N) is 2. The number of imidazole rings is 1. The first-order valence-electron chi connectivity index (χ1n) is 6.67. The Morgan fingerprint density at radius 2 is 2.06 bits per heavy atom. The number of nitrogens with one attached hydrogen (secondary N) is 2. The molecule has 5 nitrogen and oxygen atoms in total. The van der Waals surface area contributed by atoms with Gasteiger partial charge in [0.25, 0.3) is 0 Å². The second-order valence-electron chi connectivity index (χ2n) is 5.07. The molecular weight excluding hydrogens is 226 g/mol. The maximum Gasteiger partial charge on any atom is 0.200 e. The lowest BCUT2D eigenvalue weighted by molar-refractivity contribution is 0.373. The molecule has 18 heavy (non-hydrogen) atoms. The van der Waals surface area contributed by atoms with E-state index in [-0.39, 0.29) is 0 Å². The summed E-state index contributed by atoms with van der Waals surface area (Å²) in [4.78, 5) is 11.6. The normalized spacial score (nSPS) is 17.1. The Labute approximate surface area is 106 Å². The van der Waals surface area contributed by atoms with Crippen molar-refractivity contribution in [1.82, 2.24) is 15.0 Å². The van der Waals surface area contributed by atoms with Crippen LogP contribution < -0.4 is 11.1 Å². The summed E-state index contributed by atoms with van der Waals surface area (Å²) in [6.07, 6.45) is 6.81. The van der Waals surface area contributed by atoms with Crippen LogP contribution in [-0.2, 0) is 0 Å². The number of aromatic amines is 1. The fourth-order valence-corrected chi connectivity index (χ4v) is 2.65. The van der Waals surface area contributed by atoms with E-state index in [0.29, 0.717) is 11.6 Å². The first kappa shape index (κ1) is 11.3. The first-order valence-corrected chi connectivity index (χ1v) is 6.67. The van der Waals surface area contributed by atoms with Gasteiger partial charge >= 0.3 is 0 Å². The second kappa shape index (κ2) is 4.84. The van der Waals surface area contributed by atoms with Gasteiger partial charge in [0.15, 0.2) is 11.6 Å². The predicted octanol–water partition coefficient (Wildman–Crippen LogP) is 2.53. The zero-order valence-electron chi connectivity index (χ0n) is 10.4. The number of anilines is 2. The summed E-state index contributed by atoms with van der Waals surface area (Å²) in [5.41, 5.74) is 7.17. The maximum atomic E-state index is 5.60. The third kappa shape index (κ3) is 2.39. The molecule has 96 valence electrons. The molecule has 2 heterocycles. The summed E-state index contributed by atoms with van der Waals surface area (Å²) in [6, 6.07) is 3.94. The Balaban J connectivity index is 1.66. The number of pyridine rings is 1. The molecule has 0 aliphatic heterocycles. The molecule has 0 atom stereocenters. The van der Waals surface area contributed by atoms with Gasteiger partial charge in [-0.1, -0.05) is 19.3 Å². The Bertz CT molecular complexity index is 527. The van der Waals surface area contributed by atoms with Crippen LogP contribution in [0.5, 0.6) is 0 Å². The molecule has 1 aliphatic rings. The summed E-state index contributed by atoms with van der Waals surface area (Å²) < 4.78 is 0. The van der Waals surface area contributed by atoms with Crippen molar-refractivity contribution in [2.45, 2.75) is 32.1 Å². The quantitative estimate of drug-likeness (QED) is 0.776. The van der Waals surface area contributed by atoms with Crippen LogP contribution in [0.1, 0.15) is 32.1 Å². The highest BCUT2D eigenvalue weighted by atomic mass is 15.1. The Morgan fingerprint density at radius 1 is 1.22 bits per heavy atom. The van der Waals surface area contributed by atoms with E-state index in [1.54, 1.807) is 0 Å². The van der Waals surface area contributed by atoms with Crippen molar-refractivity contribution in [3.05, 3.63) is 12.1 Å². The average molecular weight is 245 g/mol. The molecule has 2 aromatic heterocycles. The number of hydrogen-bond acceptors (Lipinski definition) is 4. The van der Waals surface area contributed by atoms with Crippen LogP contribution in [0.2, 0.25) is 0 Å². The van der Waals surface area contributed by atoms with Gasteiger partial charge in [-0.2, -0.15) is 4.98 Å². The molecule has 5 heteroatoms. The molecule has 2 aromatic rings. The molecule has 0 saturated heterocycles. The van der Waals surface area contributed by atoms with Crippen molar-refractivity contribution in [2.75, 3.05) is 17.6 Å². The van der Waals surface area contributed by atoms with E-state index in [2.05, 4.69) is 20.3 Å². The van der Waals surface area contributed by atoms with Gasteiger partial charge < -0.3 is 16.0 Å². The third-order valence-electron chi connectivity index (χ3n) is 3.66. The molecular formula is C13H19N5. The molecule has 0 unspecified atom stereocenters. The van der Waals surface area contributed by atoms with Crippen LogP contribution in [-0.4, -0.2) is 21.5 Å². The number of nitrogen functional groups attached to an aromatic ring is 1. The van der Waals surface area contributed by atoms with E-state index >= 15 is 0 Å². The van der Waals surface area contributed by atoms with Crippen molar-refractivity contribution >= 4 is 22.9 Å². The van der Waals surface area contributed by atoms with E-state index in [0.717, 1.165) is 23.8 Å². The van der Waals surface area contributed by atoms with Crippen molar-refractivity contribution in [3.8, 4) is 0 Å². The lowest BCUT2D eigenvalue weighted by atomic mass is 9.89. The number of fused-ring (bicyclic) bond motifs is 1. The van der Waals surface area contributed by atoms with Crippen LogP contribution >= 0.6 is 0 Å². The molecule has 0 spiro atoms. The van der Waals surface area contributed by atoms with Crippen molar-refractivity contribution < 1.29 is 0 Å². The monoisotopic (exact) mass is 245 g/mol. The van der Waals surface area contributed by atoms with Gasteiger partial charge in [-0.25, -0.2) is 4.98 Å². The summed E-state index contributed by atoms with van der Waals surface area (Å²) in [5.74, 6) is 2.10. The van der Waals surface area contributed by atoms with E-state index in [9.17, 15) is 0 Å². The van der Waals surface area contributed by atoms with Gasteiger partial charge in [0.2, 0.25) is 0 Å². The zero-order chi connectivity index (χ0) is 12.4. The average Bonchev–Trinajstić information content (AvgIpc) is 2.77. The standard InChI is InChI=1S/C13H19N5/c14-13-16-10-6-7-11(17-12(10)18-13)15-8-9-4-2-1-3-5-9/h6-7,9H,1-5,8H2,(H4,14,15,16,17,18). The van der Waals surface area contributed by atoms with E-state index in [1.807, 2.05) is 12.1 Å². The fraction of sp³-hybridized carbons (Fsp3) is 0.538. The molecule has 3 rings (SSSR count). The summed E-state index contributed by atoms with van der Waals surface area (Å²) in [7, 11) is 0. The highest BCUT2D eigenvalue weighted by Gasteiger charge is 2.13. The van der Waals surface area contributed by atoms with E-state index in [1.165, 1.54) is 32.1 Å². The predicted molar refractivity (Wildman–Crippen MR) is 73.4 cm³/mol. The summed E-state index contributed by atoms with van der Waals surface area (Å²) in [6.45, 7) is 1.01. The maximum absolute atomic E-state index is 5.60. The van der Waals surface area contributed by atoms with Gasteiger partial charge in [0.05, 0.1) is 5.52 Å². The van der Waals surface area contributed by atoms with Crippen LogP contribution in [0.15, 0.2) is 12.1 Å². The second-order valence-corrected chi connectivity index (χ2v) is 5.07. The highest BCUT2D eigenvalue weighted by Crippen LogP contribution is 2.24. The number of H-pyrrole nitrogens is 1. The number of aromatic nitrogens is 3. The number of hydrogen-bond donors (Lipinski definition) is 3. The SMILES string of the molecule is Nc1nc2nc(NCC3CCCCC3)ccc2[nH]1. The highest BCUT2D eigenvalue weighted by molar-refractivity contribution is 5.74. The third-order valence-corrected chi connectivity index (χ3v) is 3.66. The Kier molecular flexibility index (Phi) is 3.04. The Morgan fingerprint density at radius 3 is 2.89 bits per heavy atom. The molecule has 4 N–H and O–H groups in total. The molecule has 1 fully saturated rings. The molecule has 1 aliphatic carbocycles. The van der Waals surface area contributed by atoms with Crippen LogP contribution in [0.3, 0.4) is 0 Å². The minimum atomic E-state index is 0.418. The van der Waals surface area contributed by atoms with Gasteiger partial charge in [0, 0.05) is 6.54 Å². The molecule has 1 saturated carbocycles. The van der Waals surface area contributed by atoms with Crippen molar-refractivity contribution in [1.29, 1.82) is 0 Å². The summed E-state index contributed by atoms with van der Waals surface area (Å²) in [5, 5.41) is 3.41. The fourth-order valence-electron chi connectivity index (χ4n) is 2.65. The molecule has 0 radical (unpaired) electrons. The van der Waals surface area contributed by atoms with Crippen molar-refractivity contribution in [3.63, 3.8) is 0 Å². The topological polar surface area (TPSA) is 79.6 Å². The van der Waals surface area contributed by atoms with E-state index < -0.39 is 0 Å². The number of nitrogens with two attached hydrogens (primary N) is 1. The molecule has 0 amide bonds. The molecule has 0 bridgehead atoms. The lowest BCUT2D eigenvalue weighted by Gasteiger charge is -2.21. The first-order chi connectivity index (χ1) is 8.81. The smallest absolute Gasteiger partial charge is 0.200 e. The van der Waals surface area contributed by atoms with Gasteiger partial charge in [-0.15, -0.1) is 0 Å². The van der Waals surface area contributed by atoms with Crippen molar-refractivity contribution in [2.24, 2.45) is 5.92 Å². The zero-order valence-corrected chi connectivity index (χ0v) is 10.4.